The molecule has 0 radical (unpaired) electrons. The molecule has 0 aliphatic heterocycles. The summed E-state index contributed by atoms with van der Waals surface area (Å²) in [5, 5.41) is 17.6. The van der Waals surface area contributed by atoms with Gasteiger partial charge in [-0.3, -0.25) is 4.79 Å². The van der Waals surface area contributed by atoms with Gasteiger partial charge in [0.15, 0.2) is 0 Å². The van der Waals surface area contributed by atoms with Gasteiger partial charge in [0.1, 0.15) is 5.75 Å². The molecule has 7 nitrogen and oxygen atoms in total. The summed E-state index contributed by atoms with van der Waals surface area (Å²) in [7, 11) is 0. The molecule has 1 heterocycles. The van der Waals surface area contributed by atoms with Crippen molar-refractivity contribution in [3.63, 3.8) is 0 Å². The van der Waals surface area contributed by atoms with E-state index in [1.807, 2.05) is 67.6 Å². The summed E-state index contributed by atoms with van der Waals surface area (Å²) in [4.78, 5) is 12.4. The number of fused-ring (bicyclic) bond motifs is 1. The van der Waals surface area contributed by atoms with Crippen LogP contribution in [0.1, 0.15) is 6.92 Å². The molecule has 4 aromatic rings. The van der Waals surface area contributed by atoms with Gasteiger partial charge in [-0.15, -0.1) is 5.10 Å². The summed E-state index contributed by atoms with van der Waals surface area (Å²) < 4.78 is 7.18. The Morgan fingerprint density at radius 2 is 1.86 bits per heavy atom. The minimum atomic E-state index is -0.157. The fraction of sp³-hybridized carbons (Fsp3) is 0.143. The van der Waals surface area contributed by atoms with Crippen molar-refractivity contribution in [3.8, 4) is 11.4 Å². The molecule has 1 N–H and O–H groups in total. The summed E-state index contributed by atoms with van der Waals surface area (Å²) in [5.41, 5.74) is 1.49. The lowest BCUT2D eigenvalue weighted by molar-refractivity contribution is -0.113. The SMILES string of the molecule is CCOc1ccccc1NC(=O)CSc1nnnn1-c1ccc2ccccc2c1. The van der Waals surface area contributed by atoms with Gasteiger partial charge < -0.3 is 10.1 Å². The minimum Gasteiger partial charge on any atom is -0.492 e. The Morgan fingerprint density at radius 1 is 1.07 bits per heavy atom. The number of thioether (sulfide) groups is 1. The van der Waals surface area contributed by atoms with Crippen LogP contribution < -0.4 is 10.1 Å². The lowest BCUT2D eigenvalue weighted by atomic mass is 10.1. The Hall–Kier alpha value is -3.39. The number of benzene rings is 3. The molecule has 8 heteroatoms. The average Bonchev–Trinajstić information content (AvgIpc) is 3.22. The highest BCUT2D eigenvalue weighted by Crippen LogP contribution is 2.25. The molecule has 4 rings (SSSR count). The van der Waals surface area contributed by atoms with Crippen LogP contribution in [0.2, 0.25) is 0 Å². The maximum atomic E-state index is 12.4. The predicted octanol–water partition coefficient (Wildman–Crippen LogP) is 3.95. The Bertz CT molecular complexity index is 1140. The number of ether oxygens (including phenoxy) is 1. The van der Waals surface area contributed by atoms with E-state index < -0.39 is 0 Å². The number of carbonyl (C=O) groups excluding carboxylic acids is 1. The zero-order valence-electron chi connectivity index (χ0n) is 15.8. The van der Waals surface area contributed by atoms with Gasteiger partial charge in [0, 0.05) is 0 Å². The van der Waals surface area contributed by atoms with Gasteiger partial charge in [-0.2, -0.15) is 4.68 Å². The first-order chi connectivity index (χ1) is 14.2. The van der Waals surface area contributed by atoms with Gasteiger partial charge in [-0.25, -0.2) is 0 Å². The van der Waals surface area contributed by atoms with Gasteiger partial charge in [-0.1, -0.05) is 54.2 Å². The smallest absolute Gasteiger partial charge is 0.234 e. The van der Waals surface area contributed by atoms with Crippen LogP contribution in [-0.2, 0) is 4.79 Å². The van der Waals surface area contributed by atoms with Gasteiger partial charge in [-0.05, 0) is 52.4 Å². The molecule has 0 unspecified atom stereocenters. The first kappa shape index (κ1) is 18.9. The third-order valence-electron chi connectivity index (χ3n) is 4.21. The number of anilines is 1. The molecule has 3 aromatic carbocycles. The Morgan fingerprint density at radius 3 is 2.72 bits per heavy atom. The number of carbonyl (C=O) groups is 1. The number of aromatic nitrogens is 4. The molecular formula is C21H19N5O2S. The third kappa shape index (κ3) is 4.38. The van der Waals surface area contributed by atoms with Crippen LogP contribution in [0.25, 0.3) is 16.5 Å². The number of rotatable bonds is 7. The maximum Gasteiger partial charge on any atom is 0.234 e. The quantitative estimate of drug-likeness (QED) is 0.469. The van der Waals surface area contributed by atoms with Crippen LogP contribution in [0.3, 0.4) is 0 Å². The molecule has 1 amide bonds. The van der Waals surface area contributed by atoms with Crippen LogP contribution in [0.15, 0.2) is 71.9 Å². The number of tetrazole rings is 1. The van der Waals surface area contributed by atoms with Crippen molar-refractivity contribution >= 4 is 34.1 Å². The monoisotopic (exact) mass is 405 g/mol. The largest absolute Gasteiger partial charge is 0.492 e. The lowest BCUT2D eigenvalue weighted by Gasteiger charge is -2.11. The summed E-state index contributed by atoms with van der Waals surface area (Å²) in [6.45, 7) is 2.43. The second kappa shape index (κ2) is 8.74. The van der Waals surface area contributed by atoms with Crippen molar-refractivity contribution in [2.24, 2.45) is 0 Å². The summed E-state index contributed by atoms with van der Waals surface area (Å²) in [5.74, 6) is 0.665. The molecule has 146 valence electrons. The predicted molar refractivity (Wildman–Crippen MR) is 114 cm³/mol. The van der Waals surface area contributed by atoms with Crippen LogP contribution in [0.4, 0.5) is 5.69 Å². The van der Waals surface area contributed by atoms with E-state index >= 15 is 0 Å². The van der Waals surface area contributed by atoms with Crippen LogP contribution >= 0.6 is 11.8 Å². The highest BCUT2D eigenvalue weighted by molar-refractivity contribution is 7.99. The van der Waals surface area contributed by atoms with E-state index in [2.05, 4.69) is 26.9 Å². The van der Waals surface area contributed by atoms with Crippen LogP contribution in [-0.4, -0.2) is 38.5 Å². The van der Waals surface area contributed by atoms with E-state index in [0.717, 1.165) is 16.5 Å². The molecule has 1 aromatic heterocycles. The van der Waals surface area contributed by atoms with Crippen molar-refractivity contribution in [2.75, 3.05) is 17.7 Å². The van der Waals surface area contributed by atoms with Gasteiger partial charge >= 0.3 is 0 Å². The molecule has 0 bridgehead atoms. The molecule has 0 saturated carbocycles. The zero-order valence-corrected chi connectivity index (χ0v) is 16.6. The second-order valence-corrected chi connectivity index (χ2v) is 7.11. The molecule has 0 spiro atoms. The molecular weight excluding hydrogens is 386 g/mol. The van der Waals surface area contributed by atoms with Crippen molar-refractivity contribution in [3.05, 3.63) is 66.7 Å². The number of hydrogen-bond donors (Lipinski definition) is 1. The van der Waals surface area contributed by atoms with Gasteiger partial charge in [0.05, 0.1) is 23.7 Å². The Labute approximate surface area is 172 Å². The van der Waals surface area contributed by atoms with E-state index in [1.165, 1.54) is 11.8 Å². The summed E-state index contributed by atoms with van der Waals surface area (Å²) >= 11 is 1.27. The maximum absolute atomic E-state index is 12.4. The molecule has 29 heavy (non-hydrogen) atoms. The first-order valence-electron chi connectivity index (χ1n) is 9.16. The first-order valence-corrected chi connectivity index (χ1v) is 10.1. The number of hydrogen-bond acceptors (Lipinski definition) is 6. The number of nitrogens with zero attached hydrogens (tertiary/aromatic N) is 4. The third-order valence-corrected chi connectivity index (χ3v) is 5.13. The van der Waals surface area contributed by atoms with Gasteiger partial charge in [0.2, 0.25) is 11.1 Å². The zero-order chi connectivity index (χ0) is 20.1. The van der Waals surface area contributed by atoms with E-state index in [9.17, 15) is 4.79 Å². The van der Waals surface area contributed by atoms with E-state index in [0.29, 0.717) is 23.2 Å². The number of amides is 1. The van der Waals surface area contributed by atoms with Crippen molar-refractivity contribution in [2.45, 2.75) is 12.1 Å². The van der Waals surface area contributed by atoms with E-state index in [-0.39, 0.29) is 11.7 Å². The summed E-state index contributed by atoms with van der Waals surface area (Å²) in [6.07, 6.45) is 0. The van der Waals surface area contributed by atoms with Crippen molar-refractivity contribution < 1.29 is 9.53 Å². The molecule has 0 fully saturated rings. The fourth-order valence-electron chi connectivity index (χ4n) is 2.91. The van der Waals surface area contributed by atoms with E-state index in [4.69, 9.17) is 4.74 Å². The minimum absolute atomic E-state index is 0.157. The molecule has 0 aliphatic carbocycles. The topological polar surface area (TPSA) is 81.9 Å². The molecule has 0 aliphatic rings. The van der Waals surface area contributed by atoms with Crippen molar-refractivity contribution in [1.82, 2.24) is 20.2 Å². The average molecular weight is 405 g/mol. The highest BCUT2D eigenvalue weighted by Gasteiger charge is 2.13. The number of nitrogens with one attached hydrogen (secondary N) is 1. The second-order valence-electron chi connectivity index (χ2n) is 6.17. The van der Waals surface area contributed by atoms with Crippen molar-refractivity contribution in [1.29, 1.82) is 0 Å². The number of para-hydroxylation sites is 2. The Balaban J connectivity index is 1.46. The van der Waals surface area contributed by atoms with Crippen LogP contribution in [0, 0.1) is 0 Å². The molecule has 0 atom stereocenters. The van der Waals surface area contributed by atoms with E-state index in [1.54, 1.807) is 4.68 Å². The molecule has 0 saturated heterocycles. The Kier molecular flexibility index (Phi) is 5.71. The standard InChI is InChI=1S/C21H19N5O2S/c1-2-28-19-10-6-5-9-18(19)22-20(27)14-29-21-23-24-25-26(21)17-12-11-15-7-3-4-8-16(15)13-17/h3-13H,2,14H2,1H3,(H,22,27). The highest BCUT2D eigenvalue weighted by atomic mass is 32.2. The summed E-state index contributed by atoms with van der Waals surface area (Å²) in [6, 6.07) is 21.5. The van der Waals surface area contributed by atoms with Gasteiger partial charge in [0.25, 0.3) is 0 Å². The normalized spacial score (nSPS) is 10.8. The fourth-order valence-corrected chi connectivity index (χ4v) is 3.60. The lowest BCUT2D eigenvalue weighted by Crippen LogP contribution is -2.15. The van der Waals surface area contributed by atoms with Crippen LogP contribution in [0.5, 0.6) is 5.75 Å².